The summed E-state index contributed by atoms with van der Waals surface area (Å²) in [4.78, 5) is 0. The van der Waals surface area contributed by atoms with Crippen LogP contribution in [0.15, 0.2) is 72.8 Å². The van der Waals surface area contributed by atoms with Crippen molar-refractivity contribution < 1.29 is 15.7 Å². The molecule has 0 bridgehead atoms. The van der Waals surface area contributed by atoms with Gasteiger partial charge in [-0.2, -0.15) is 0 Å². The molecule has 0 saturated heterocycles. The number of halogens is 2. The molecular formula is C24H30Cl2NTi. The molecule has 0 unspecified atom stereocenters. The second-order valence-corrected chi connectivity index (χ2v) is 13.6. The van der Waals surface area contributed by atoms with E-state index < -0.39 is 15.7 Å². The molecule has 0 heterocycles. The second-order valence-electron chi connectivity index (χ2n) is 7.55. The average Bonchev–Trinajstić information content (AvgIpc) is 3.22. The Kier molecular flexibility index (Phi) is 9.88. The van der Waals surface area contributed by atoms with Crippen molar-refractivity contribution in [1.29, 1.82) is 0 Å². The van der Waals surface area contributed by atoms with E-state index in [0.29, 0.717) is 16.1 Å². The monoisotopic (exact) mass is 450 g/mol. The molecule has 0 radical (unpaired) electrons. The Hall–Kier alpha value is -0.986. The van der Waals surface area contributed by atoms with Crippen LogP contribution in [0.2, 0.25) is 4.22 Å². The molecule has 2 aromatic carbocycles. The molecule has 0 spiro atoms. The Labute approximate surface area is 184 Å². The van der Waals surface area contributed by atoms with E-state index in [1.165, 1.54) is 22.4 Å². The van der Waals surface area contributed by atoms with Gasteiger partial charge in [-0.3, -0.25) is 0 Å². The van der Waals surface area contributed by atoms with Gasteiger partial charge < -0.3 is 5.32 Å². The molecule has 149 valence electrons. The van der Waals surface area contributed by atoms with Crippen molar-refractivity contribution in [2.45, 2.75) is 50.3 Å². The Balaban J connectivity index is 0.000000292. The first-order chi connectivity index (χ1) is 13.4. The van der Waals surface area contributed by atoms with E-state index in [1.54, 1.807) is 0 Å². The van der Waals surface area contributed by atoms with E-state index in [1.807, 2.05) is 12.2 Å². The van der Waals surface area contributed by atoms with E-state index in [4.69, 9.17) is 18.6 Å². The molecule has 28 heavy (non-hydrogen) atoms. The summed E-state index contributed by atoms with van der Waals surface area (Å²) in [5.74, 6) is 1.07. The number of para-hydroxylation sites is 1. The van der Waals surface area contributed by atoms with Crippen LogP contribution in [0, 0.1) is 0 Å². The molecule has 1 aliphatic carbocycles. The predicted octanol–water partition coefficient (Wildman–Crippen LogP) is 8.37. The number of rotatable bonds is 6. The molecule has 2 aromatic rings. The molecular weight excluding hydrogens is 421 g/mol. The van der Waals surface area contributed by atoms with Gasteiger partial charge >= 0.3 is 62.9 Å². The molecule has 0 amide bonds. The van der Waals surface area contributed by atoms with Crippen LogP contribution in [0.1, 0.15) is 56.2 Å². The number of hydrogen-bond acceptors (Lipinski definition) is 1. The molecule has 0 atom stereocenters. The summed E-state index contributed by atoms with van der Waals surface area (Å²) in [6.45, 7) is 9.91. The van der Waals surface area contributed by atoms with Crippen LogP contribution in [-0.2, 0) is 22.3 Å². The first-order valence-electron chi connectivity index (χ1n) is 9.83. The van der Waals surface area contributed by atoms with Crippen LogP contribution in [0.25, 0.3) is 0 Å². The Morgan fingerprint density at radius 1 is 0.821 bits per heavy atom. The van der Waals surface area contributed by atoms with Crippen molar-refractivity contribution >= 4 is 24.3 Å². The third-order valence-electron chi connectivity index (χ3n) is 4.69. The van der Waals surface area contributed by atoms with Crippen LogP contribution >= 0.6 is 18.6 Å². The maximum atomic E-state index is 5.71. The van der Waals surface area contributed by atoms with Crippen molar-refractivity contribution in [1.82, 2.24) is 0 Å². The molecule has 0 aliphatic heterocycles. The molecule has 0 fully saturated rings. The van der Waals surface area contributed by atoms with Crippen LogP contribution < -0.4 is 5.32 Å². The number of hydrogen-bond donors (Lipinski definition) is 1. The van der Waals surface area contributed by atoms with E-state index in [0.717, 1.165) is 6.54 Å². The second kappa shape index (κ2) is 11.9. The summed E-state index contributed by atoms with van der Waals surface area (Å²) in [5, 5.41) is 3.66. The summed E-state index contributed by atoms with van der Waals surface area (Å²) >= 11 is -1.69. The number of allylic oxidation sites excluding steroid dienone is 4. The Morgan fingerprint density at radius 3 is 1.79 bits per heavy atom. The van der Waals surface area contributed by atoms with E-state index in [2.05, 4.69) is 93.7 Å². The fourth-order valence-corrected chi connectivity index (χ4v) is 5.12. The number of anilines is 1. The first-order valence-corrected chi connectivity index (χ1v) is 15.0. The fraction of sp³-hybridized carbons (Fsp3) is 0.333. The third kappa shape index (κ3) is 7.12. The summed E-state index contributed by atoms with van der Waals surface area (Å²) in [7, 11) is 11.4. The van der Waals surface area contributed by atoms with Crippen LogP contribution in [0.3, 0.4) is 0 Å². The number of benzene rings is 2. The summed E-state index contributed by atoms with van der Waals surface area (Å²) < 4.78 is 0.401. The van der Waals surface area contributed by atoms with Gasteiger partial charge in [0.15, 0.2) is 0 Å². The summed E-state index contributed by atoms with van der Waals surface area (Å²) in [6, 6.07) is 17.2. The van der Waals surface area contributed by atoms with E-state index >= 15 is 0 Å². The Bertz CT molecular complexity index is 744. The first kappa shape index (κ1) is 23.3. The van der Waals surface area contributed by atoms with Crippen molar-refractivity contribution in [3.63, 3.8) is 0 Å². The van der Waals surface area contributed by atoms with E-state index in [-0.39, 0.29) is 0 Å². The van der Waals surface area contributed by atoms with Gasteiger partial charge in [0.2, 0.25) is 0 Å². The van der Waals surface area contributed by atoms with Gasteiger partial charge in [0.1, 0.15) is 0 Å². The van der Waals surface area contributed by atoms with Crippen LogP contribution in [-0.4, -0.2) is 0 Å². The summed E-state index contributed by atoms with van der Waals surface area (Å²) in [6.07, 6.45) is 8.08. The van der Waals surface area contributed by atoms with Gasteiger partial charge in [0, 0.05) is 12.2 Å². The standard InChI is InChI=1S/C19H25N.C5H5.2ClH.Ti/c1-14(2)17-11-8-12-18(15(3)4)19(17)20-13-16-9-6-5-7-10-16;1-2-4-5-3-1;;;/h5-12,14-15,20H,13H2,1-4H3;1-5H;2*1H;/q;;;;+2/p-2. The van der Waals surface area contributed by atoms with Crippen molar-refractivity contribution in [3.8, 4) is 0 Å². The quantitative estimate of drug-likeness (QED) is 0.435. The van der Waals surface area contributed by atoms with Crippen molar-refractivity contribution in [2.24, 2.45) is 0 Å². The van der Waals surface area contributed by atoms with Gasteiger partial charge in [-0.05, 0) is 28.5 Å². The number of nitrogens with one attached hydrogen (secondary N) is 1. The minimum atomic E-state index is -1.69. The van der Waals surface area contributed by atoms with Gasteiger partial charge in [-0.1, -0.05) is 76.2 Å². The molecule has 0 saturated carbocycles. The zero-order chi connectivity index (χ0) is 20.5. The maximum absolute atomic E-state index is 5.71. The van der Waals surface area contributed by atoms with Gasteiger partial charge in [-0.15, -0.1) is 0 Å². The zero-order valence-electron chi connectivity index (χ0n) is 17.1. The summed E-state index contributed by atoms with van der Waals surface area (Å²) in [5.41, 5.74) is 5.46. The average molecular weight is 451 g/mol. The normalized spacial score (nSPS) is 13.0. The SMILES string of the molecule is CC(C)c1cccc(C(C)C)c1NCc1ccccc1.[Cl][Ti]([Cl])[CH]1C=CC=C1. The van der Waals surface area contributed by atoms with Gasteiger partial charge in [-0.25, -0.2) is 0 Å². The predicted molar refractivity (Wildman–Crippen MR) is 122 cm³/mol. The molecule has 1 nitrogen and oxygen atoms in total. The van der Waals surface area contributed by atoms with Gasteiger partial charge in [0.25, 0.3) is 0 Å². The van der Waals surface area contributed by atoms with E-state index in [9.17, 15) is 0 Å². The third-order valence-corrected chi connectivity index (χ3v) is 8.15. The topological polar surface area (TPSA) is 12.0 Å². The van der Waals surface area contributed by atoms with Crippen molar-refractivity contribution in [3.05, 3.63) is 89.5 Å². The van der Waals surface area contributed by atoms with Gasteiger partial charge in [0.05, 0.1) is 0 Å². The molecule has 1 aliphatic rings. The fourth-order valence-electron chi connectivity index (χ4n) is 3.12. The molecule has 0 aromatic heterocycles. The van der Waals surface area contributed by atoms with Crippen LogP contribution in [0.4, 0.5) is 5.69 Å². The Morgan fingerprint density at radius 2 is 1.36 bits per heavy atom. The van der Waals surface area contributed by atoms with Crippen LogP contribution in [0.5, 0.6) is 0 Å². The zero-order valence-corrected chi connectivity index (χ0v) is 20.2. The molecule has 3 rings (SSSR count). The van der Waals surface area contributed by atoms with Crippen molar-refractivity contribution in [2.75, 3.05) is 5.32 Å². The minimum absolute atomic E-state index is 0.401. The molecule has 1 N–H and O–H groups in total. The molecule has 4 heteroatoms.